The first-order valence-electron chi connectivity index (χ1n) is 8.39. The molecular formula is C19H15F3N4O2S. The van der Waals surface area contributed by atoms with Gasteiger partial charge in [-0.1, -0.05) is 23.0 Å². The van der Waals surface area contributed by atoms with Crippen LogP contribution in [0.4, 0.5) is 13.2 Å². The second-order valence-corrected chi connectivity index (χ2v) is 7.04. The van der Waals surface area contributed by atoms with E-state index in [1.54, 1.807) is 0 Å². The Kier molecular flexibility index (Phi) is 6.08. The molecule has 0 aliphatic carbocycles. The highest BCUT2D eigenvalue weighted by molar-refractivity contribution is 7.98. The Morgan fingerprint density at radius 3 is 2.72 bits per heavy atom. The average molecular weight is 420 g/mol. The van der Waals surface area contributed by atoms with Crippen molar-refractivity contribution in [3.63, 3.8) is 0 Å². The van der Waals surface area contributed by atoms with Gasteiger partial charge in [-0.2, -0.15) is 23.4 Å². The fraction of sp³-hybridized carbons (Fsp3) is 0.263. The first-order valence-corrected chi connectivity index (χ1v) is 9.37. The number of thioether (sulfide) groups is 1. The minimum absolute atomic E-state index is 0.0543. The molecule has 0 unspecified atom stereocenters. The second kappa shape index (κ2) is 8.53. The Bertz CT molecular complexity index is 1060. The number of nitriles is 1. The lowest BCUT2D eigenvalue weighted by molar-refractivity contribution is -0.137. The van der Waals surface area contributed by atoms with Gasteiger partial charge in [0, 0.05) is 5.69 Å². The van der Waals surface area contributed by atoms with E-state index in [1.165, 1.54) is 23.9 Å². The van der Waals surface area contributed by atoms with Crippen LogP contribution >= 0.6 is 11.8 Å². The molecule has 0 saturated carbocycles. The number of benzene rings is 1. The van der Waals surface area contributed by atoms with Gasteiger partial charge in [-0.3, -0.25) is 0 Å². The Balaban J connectivity index is 1.62. The molecule has 0 atom stereocenters. The number of nitrogens with zero attached hydrogens (tertiary/aromatic N) is 4. The van der Waals surface area contributed by atoms with Gasteiger partial charge in [-0.05, 0) is 43.7 Å². The number of aryl methyl sites for hydroxylation is 2. The number of ether oxygens (including phenoxy) is 1. The molecule has 3 aromatic rings. The van der Waals surface area contributed by atoms with E-state index in [-0.39, 0.29) is 18.2 Å². The number of hydrogen-bond donors (Lipinski definition) is 0. The van der Waals surface area contributed by atoms with Crippen LogP contribution in [0.25, 0.3) is 0 Å². The summed E-state index contributed by atoms with van der Waals surface area (Å²) in [4.78, 5) is 8.52. The second-order valence-electron chi connectivity index (χ2n) is 6.08. The molecule has 0 amide bonds. The molecule has 0 aliphatic rings. The zero-order valence-electron chi connectivity index (χ0n) is 15.4. The molecule has 0 fully saturated rings. The highest BCUT2D eigenvalue weighted by Gasteiger charge is 2.30. The molecule has 0 saturated heterocycles. The van der Waals surface area contributed by atoms with Gasteiger partial charge in [-0.15, -0.1) is 0 Å². The lowest BCUT2D eigenvalue weighted by Gasteiger charge is -2.08. The van der Waals surface area contributed by atoms with Crippen LogP contribution in [0.1, 0.15) is 34.1 Å². The predicted octanol–water partition coefficient (Wildman–Crippen LogP) is 4.84. The van der Waals surface area contributed by atoms with E-state index >= 15 is 0 Å². The third-order valence-electron chi connectivity index (χ3n) is 3.80. The van der Waals surface area contributed by atoms with Crippen molar-refractivity contribution in [2.24, 2.45) is 0 Å². The van der Waals surface area contributed by atoms with Gasteiger partial charge in [0.2, 0.25) is 11.7 Å². The van der Waals surface area contributed by atoms with E-state index in [1.807, 2.05) is 19.9 Å². The number of alkyl halides is 3. The Hall–Kier alpha value is -3.06. The van der Waals surface area contributed by atoms with Gasteiger partial charge in [0.1, 0.15) is 16.8 Å². The molecule has 6 nitrogen and oxygen atoms in total. The summed E-state index contributed by atoms with van der Waals surface area (Å²) in [5.74, 6) is 0.842. The van der Waals surface area contributed by atoms with Crippen LogP contribution in [0.5, 0.6) is 5.75 Å². The van der Waals surface area contributed by atoms with Gasteiger partial charge in [-0.25, -0.2) is 4.98 Å². The summed E-state index contributed by atoms with van der Waals surface area (Å²) >= 11 is 1.29. The number of rotatable bonds is 6. The van der Waals surface area contributed by atoms with E-state index in [2.05, 4.69) is 21.2 Å². The molecule has 0 bridgehead atoms. The molecule has 0 aliphatic heterocycles. The van der Waals surface area contributed by atoms with Crippen molar-refractivity contribution in [3.05, 3.63) is 64.4 Å². The standard InChI is InChI=1S/C19H15F3N4O2S/c1-11-6-12(2)24-18(15(11)8-23)29-10-17-25-16(26-28-17)9-27-14-5-3-4-13(7-14)19(20,21)22/h3-7H,9-10H2,1-2H3. The topological polar surface area (TPSA) is 84.8 Å². The van der Waals surface area contributed by atoms with E-state index in [4.69, 9.17) is 9.26 Å². The molecule has 2 aromatic heterocycles. The minimum atomic E-state index is -4.44. The third-order valence-corrected chi connectivity index (χ3v) is 4.76. The summed E-state index contributed by atoms with van der Waals surface area (Å²) in [6, 6.07) is 8.52. The average Bonchev–Trinajstić information content (AvgIpc) is 3.12. The predicted molar refractivity (Wildman–Crippen MR) is 98.1 cm³/mol. The Morgan fingerprint density at radius 1 is 1.21 bits per heavy atom. The number of hydrogen-bond acceptors (Lipinski definition) is 7. The number of aromatic nitrogens is 3. The lowest BCUT2D eigenvalue weighted by Crippen LogP contribution is -2.05. The van der Waals surface area contributed by atoms with E-state index in [0.717, 1.165) is 23.4 Å². The third kappa shape index (κ3) is 5.26. The van der Waals surface area contributed by atoms with Crippen LogP contribution in [0.2, 0.25) is 0 Å². The van der Waals surface area contributed by atoms with Crippen molar-refractivity contribution in [1.82, 2.24) is 15.1 Å². The maximum absolute atomic E-state index is 12.7. The summed E-state index contributed by atoms with van der Waals surface area (Å²) in [5.41, 5.74) is 1.33. The Labute approximate surface area is 168 Å². The van der Waals surface area contributed by atoms with Crippen molar-refractivity contribution in [2.45, 2.75) is 37.4 Å². The fourth-order valence-electron chi connectivity index (χ4n) is 2.49. The van der Waals surface area contributed by atoms with Crippen molar-refractivity contribution in [3.8, 4) is 11.8 Å². The summed E-state index contributed by atoms with van der Waals surface area (Å²) in [5, 5.41) is 13.6. The van der Waals surface area contributed by atoms with Crippen molar-refractivity contribution < 1.29 is 22.4 Å². The van der Waals surface area contributed by atoms with Crippen molar-refractivity contribution >= 4 is 11.8 Å². The van der Waals surface area contributed by atoms with Crippen molar-refractivity contribution in [2.75, 3.05) is 0 Å². The maximum Gasteiger partial charge on any atom is 0.416 e. The maximum atomic E-state index is 12.7. The van der Waals surface area contributed by atoms with Crippen LogP contribution in [0, 0.1) is 25.2 Å². The zero-order valence-corrected chi connectivity index (χ0v) is 16.3. The first kappa shape index (κ1) is 20.7. The highest BCUT2D eigenvalue weighted by atomic mass is 32.2. The molecule has 0 radical (unpaired) electrons. The van der Waals surface area contributed by atoms with Gasteiger partial charge >= 0.3 is 6.18 Å². The first-order chi connectivity index (χ1) is 13.8. The number of pyridine rings is 1. The molecule has 29 heavy (non-hydrogen) atoms. The summed E-state index contributed by atoms with van der Waals surface area (Å²) in [7, 11) is 0. The normalized spacial score (nSPS) is 11.3. The van der Waals surface area contributed by atoms with E-state index < -0.39 is 11.7 Å². The fourth-order valence-corrected chi connectivity index (χ4v) is 3.43. The van der Waals surface area contributed by atoms with Crippen LogP contribution in [-0.4, -0.2) is 15.1 Å². The quantitative estimate of drug-likeness (QED) is 0.527. The zero-order chi connectivity index (χ0) is 21.0. The summed E-state index contributed by atoms with van der Waals surface area (Å²) < 4.78 is 48.7. The highest BCUT2D eigenvalue weighted by Crippen LogP contribution is 2.31. The van der Waals surface area contributed by atoms with Crippen LogP contribution in [0.15, 0.2) is 39.9 Å². The van der Waals surface area contributed by atoms with E-state index in [0.29, 0.717) is 22.2 Å². The van der Waals surface area contributed by atoms with Crippen LogP contribution < -0.4 is 4.74 Å². The Morgan fingerprint density at radius 2 is 2.00 bits per heavy atom. The monoisotopic (exact) mass is 420 g/mol. The molecule has 2 heterocycles. The van der Waals surface area contributed by atoms with Gasteiger partial charge in [0.25, 0.3) is 0 Å². The summed E-state index contributed by atoms with van der Waals surface area (Å²) in [6.07, 6.45) is -4.44. The van der Waals surface area contributed by atoms with Gasteiger partial charge in [0.05, 0.1) is 16.9 Å². The van der Waals surface area contributed by atoms with Gasteiger partial charge in [0.15, 0.2) is 6.61 Å². The molecule has 0 N–H and O–H groups in total. The molecule has 3 rings (SSSR count). The molecule has 10 heteroatoms. The molecule has 1 aromatic carbocycles. The molecule has 150 valence electrons. The lowest BCUT2D eigenvalue weighted by atomic mass is 10.1. The minimum Gasteiger partial charge on any atom is -0.485 e. The van der Waals surface area contributed by atoms with Crippen LogP contribution in [0.3, 0.4) is 0 Å². The SMILES string of the molecule is Cc1cc(C)c(C#N)c(SCc2nc(COc3cccc(C(F)(F)F)c3)no2)n1. The molecule has 0 spiro atoms. The van der Waals surface area contributed by atoms with Crippen LogP contribution in [-0.2, 0) is 18.5 Å². The van der Waals surface area contributed by atoms with Crippen molar-refractivity contribution in [1.29, 1.82) is 5.26 Å². The van der Waals surface area contributed by atoms with Gasteiger partial charge < -0.3 is 9.26 Å². The molecular weight excluding hydrogens is 405 g/mol. The van der Waals surface area contributed by atoms with E-state index in [9.17, 15) is 18.4 Å². The smallest absolute Gasteiger partial charge is 0.416 e. The number of halogens is 3. The summed E-state index contributed by atoms with van der Waals surface area (Å²) in [6.45, 7) is 3.54. The largest absolute Gasteiger partial charge is 0.485 e.